The predicted octanol–water partition coefficient (Wildman–Crippen LogP) is 2.48. The summed E-state index contributed by atoms with van der Waals surface area (Å²) < 4.78 is 32.1. The number of ether oxygens (including phenoxy) is 1. The summed E-state index contributed by atoms with van der Waals surface area (Å²) in [6, 6.07) is 3.87. The second kappa shape index (κ2) is 5.56. The van der Waals surface area contributed by atoms with Crippen molar-refractivity contribution in [2.45, 2.75) is 25.6 Å². The van der Waals surface area contributed by atoms with Crippen molar-refractivity contribution < 1.29 is 13.5 Å². The molecule has 0 radical (unpaired) electrons. The summed E-state index contributed by atoms with van der Waals surface area (Å²) in [7, 11) is 1.92. The molecule has 0 atom stereocenters. The van der Waals surface area contributed by atoms with Crippen LogP contribution in [0.1, 0.15) is 18.4 Å². The first-order valence-electron chi connectivity index (χ1n) is 5.89. The van der Waals surface area contributed by atoms with E-state index in [9.17, 15) is 8.78 Å². The first-order chi connectivity index (χ1) is 8.20. The molecular weight excluding hydrogens is 224 g/mol. The van der Waals surface area contributed by atoms with Crippen molar-refractivity contribution in [3.05, 3.63) is 35.4 Å². The molecule has 0 unspecified atom stereocenters. The molecule has 1 fully saturated rings. The predicted molar refractivity (Wildman–Crippen MR) is 61.6 cm³/mol. The van der Waals surface area contributed by atoms with Gasteiger partial charge in [-0.1, -0.05) is 6.07 Å². The Balaban J connectivity index is 1.80. The molecule has 0 amide bonds. The minimum absolute atomic E-state index is 0.0233. The molecule has 1 aromatic carbocycles. The highest BCUT2D eigenvalue weighted by Gasteiger charge is 2.29. The van der Waals surface area contributed by atoms with Gasteiger partial charge in [0.15, 0.2) is 0 Å². The fourth-order valence-corrected chi connectivity index (χ4v) is 2.14. The van der Waals surface area contributed by atoms with E-state index in [1.807, 2.05) is 7.05 Å². The van der Waals surface area contributed by atoms with Gasteiger partial charge in [0.2, 0.25) is 0 Å². The maximum atomic E-state index is 13.3. The second-order valence-electron chi connectivity index (χ2n) is 4.53. The molecule has 4 heteroatoms. The van der Waals surface area contributed by atoms with E-state index < -0.39 is 11.6 Å². The molecule has 0 bridgehead atoms. The Bertz CT molecular complexity index is 357. The molecule has 1 saturated carbocycles. The normalized spacial score (nSPS) is 23.5. The van der Waals surface area contributed by atoms with Gasteiger partial charge in [-0.2, -0.15) is 0 Å². The van der Waals surface area contributed by atoms with Crippen molar-refractivity contribution in [3.63, 3.8) is 0 Å². The van der Waals surface area contributed by atoms with Gasteiger partial charge in [-0.05, 0) is 44.5 Å². The maximum absolute atomic E-state index is 13.3. The van der Waals surface area contributed by atoms with Gasteiger partial charge < -0.3 is 10.1 Å². The summed E-state index contributed by atoms with van der Waals surface area (Å²) in [5, 5.41) is 3.11. The molecule has 0 heterocycles. The standard InChI is InChI=1S/C13H17F2NO/c1-16-7-9-5-10(6-9)17-8-11-12(14)3-2-4-13(11)15/h2-4,9-10,16H,5-8H2,1H3. The molecule has 1 aliphatic carbocycles. The van der Waals surface area contributed by atoms with Gasteiger partial charge in [0.05, 0.1) is 12.7 Å². The van der Waals surface area contributed by atoms with E-state index in [0.29, 0.717) is 5.92 Å². The summed E-state index contributed by atoms with van der Waals surface area (Å²) in [4.78, 5) is 0. The van der Waals surface area contributed by atoms with E-state index in [2.05, 4.69) is 5.32 Å². The lowest BCUT2D eigenvalue weighted by molar-refractivity contribution is -0.0408. The van der Waals surface area contributed by atoms with Gasteiger partial charge in [-0.3, -0.25) is 0 Å². The Morgan fingerprint density at radius 1 is 1.29 bits per heavy atom. The molecular formula is C13H17F2NO. The second-order valence-corrected chi connectivity index (χ2v) is 4.53. The van der Waals surface area contributed by atoms with Crippen molar-refractivity contribution in [3.8, 4) is 0 Å². The molecule has 1 aromatic rings. The van der Waals surface area contributed by atoms with Gasteiger partial charge in [0, 0.05) is 5.56 Å². The van der Waals surface area contributed by atoms with Crippen molar-refractivity contribution in [1.82, 2.24) is 5.32 Å². The third kappa shape index (κ3) is 3.01. The number of rotatable bonds is 5. The zero-order chi connectivity index (χ0) is 12.3. The smallest absolute Gasteiger partial charge is 0.131 e. The number of benzene rings is 1. The SMILES string of the molecule is CNCC1CC(OCc2c(F)cccc2F)C1. The van der Waals surface area contributed by atoms with Gasteiger partial charge in [0.1, 0.15) is 11.6 Å². The molecule has 2 rings (SSSR count). The van der Waals surface area contributed by atoms with Crippen LogP contribution in [0.5, 0.6) is 0 Å². The van der Waals surface area contributed by atoms with Crippen LogP contribution in [0, 0.1) is 17.6 Å². The van der Waals surface area contributed by atoms with Crippen LogP contribution in [-0.4, -0.2) is 19.7 Å². The summed E-state index contributed by atoms with van der Waals surface area (Å²) in [6.07, 6.45) is 2.08. The number of hydrogen-bond donors (Lipinski definition) is 1. The van der Waals surface area contributed by atoms with E-state index in [-0.39, 0.29) is 18.3 Å². The molecule has 1 aliphatic rings. The van der Waals surface area contributed by atoms with E-state index in [4.69, 9.17) is 4.74 Å². The molecule has 0 saturated heterocycles. The van der Waals surface area contributed by atoms with Gasteiger partial charge in [0.25, 0.3) is 0 Å². The van der Waals surface area contributed by atoms with E-state index in [1.165, 1.54) is 18.2 Å². The largest absolute Gasteiger partial charge is 0.373 e. The van der Waals surface area contributed by atoms with Gasteiger partial charge in [-0.15, -0.1) is 0 Å². The number of halogens is 2. The molecule has 0 aliphatic heterocycles. The van der Waals surface area contributed by atoms with E-state index in [1.54, 1.807) is 0 Å². The third-order valence-electron chi connectivity index (χ3n) is 3.21. The Morgan fingerprint density at radius 2 is 1.94 bits per heavy atom. The topological polar surface area (TPSA) is 21.3 Å². The fraction of sp³-hybridized carbons (Fsp3) is 0.538. The highest BCUT2D eigenvalue weighted by Crippen LogP contribution is 2.30. The summed E-state index contributed by atoms with van der Waals surface area (Å²) >= 11 is 0. The van der Waals surface area contributed by atoms with Crippen LogP contribution in [0.4, 0.5) is 8.78 Å². The van der Waals surface area contributed by atoms with Crippen LogP contribution in [-0.2, 0) is 11.3 Å². The van der Waals surface area contributed by atoms with E-state index >= 15 is 0 Å². The Kier molecular flexibility index (Phi) is 4.07. The van der Waals surface area contributed by atoms with Crippen molar-refractivity contribution in [2.24, 2.45) is 5.92 Å². The quantitative estimate of drug-likeness (QED) is 0.855. The molecule has 94 valence electrons. The lowest BCUT2D eigenvalue weighted by Crippen LogP contribution is -2.36. The molecule has 17 heavy (non-hydrogen) atoms. The summed E-state index contributed by atoms with van der Waals surface area (Å²) in [5.41, 5.74) is 0.0320. The average molecular weight is 241 g/mol. The van der Waals surface area contributed by atoms with Crippen molar-refractivity contribution in [1.29, 1.82) is 0 Å². The zero-order valence-corrected chi connectivity index (χ0v) is 9.88. The van der Waals surface area contributed by atoms with Crippen LogP contribution in [0.2, 0.25) is 0 Å². The fourth-order valence-electron chi connectivity index (χ4n) is 2.14. The Labute approximate surface area is 100.0 Å². The lowest BCUT2D eigenvalue weighted by Gasteiger charge is -2.35. The molecule has 0 aromatic heterocycles. The summed E-state index contributed by atoms with van der Waals surface area (Å²) in [5.74, 6) is -0.428. The molecule has 0 spiro atoms. The van der Waals surface area contributed by atoms with Gasteiger partial charge in [-0.25, -0.2) is 8.78 Å². The minimum Gasteiger partial charge on any atom is -0.373 e. The monoisotopic (exact) mass is 241 g/mol. The average Bonchev–Trinajstić information content (AvgIpc) is 2.24. The van der Waals surface area contributed by atoms with Crippen molar-refractivity contribution >= 4 is 0 Å². The van der Waals surface area contributed by atoms with Crippen LogP contribution in [0.3, 0.4) is 0 Å². The van der Waals surface area contributed by atoms with E-state index in [0.717, 1.165) is 19.4 Å². The summed E-state index contributed by atoms with van der Waals surface area (Å²) in [6.45, 7) is 1.00. The number of nitrogens with one attached hydrogen (secondary N) is 1. The van der Waals surface area contributed by atoms with Crippen LogP contribution in [0.25, 0.3) is 0 Å². The van der Waals surface area contributed by atoms with Gasteiger partial charge >= 0.3 is 0 Å². The molecule has 2 nitrogen and oxygen atoms in total. The zero-order valence-electron chi connectivity index (χ0n) is 9.88. The first-order valence-corrected chi connectivity index (χ1v) is 5.89. The van der Waals surface area contributed by atoms with Crippen LogP contribution in [0.15, 0.2) is 18.2 Å². The molecule has 1 N–H and O–H groups in total. The maximum Gasteiger partial charge on any atom is 0.131 e. The lowest BCUT2D eigenvalue weighted by atomic mass is 9.82. The van der Waals surface area contributed by atoms with Crippen molar-refractivity contribution in [2.75, 3.05) is 13.6 Å². The third-order valence-corrected chi connectivity index (χ3v) is 3.21. The van der Waals surface area contributed by atoms with Crippen LogP contribution >= 0.6 is 0 Å². The van der Waals surface area contributed by atoms with Crippen LogP contribution < -0.4 is 5.32 Å². The Hall–Kier alpha value is -1.00. The Morgan fingerprint density at radius 3 is 2.53 bits per heavy atom. The number of hydrogen-bond acceptors (Lipinski definition) is 2. The highest BCUT2D eigenvalue weighted by atomic mass is 19.1. The highest BCUT2D eigenvalue weighted by molar-refractivity contribution is 5.18. The minimum atomic E-state index is -0.531. The first kappa shape index (κ1) is 12.5.